The second-order valence-corrected chi connectivity index (χ2v) is 6.81. The van der Waals surface area contributed by atoms with Crippen molar-refractivity contribution in [2.24, 2.45) is 10.9 Å². The fourth-order valence-electron chi connectivity index (χ4n) is 3.32. The van der Waals surface area contributed by atoms with Gasteiger partial charge in [0.1, 0.15) is 0 Å². The van der Waals surface area contributed by atoms with E-state index in [4.69, 9.17) is 9.47 Å². The zero-order valence-corrected chi connectivity index (χ0v) is 20.1. The molecule has 0 atom stereocenters. The highest BCUT2D eigenvalue weighted by Crippen LogP contribution is 2.30. The molecule has 1 aliphatic carbocycles. The van der Waals surface area contributed by atoms with Gasteiger partial charge in [-0.1, -0.05) is 19.3 Å². The van der Waals surface area contributed by atoms with Gasteiger partial charge in [-0.15, -0.1) is 24.0 Å². The molecule has 0 bridgehead atoms. The smallest absolute Gasteiger partial charge is 0.223 e. The first-order valence-electron chi connectivity index (χ1n) is 10.3. The number of guanidine groups is 1. The van der Waals surface area contributed by atoms with Gasteiger partial charge in [-0.2, -0.15) is 0 Å². The molecule has 1 amide bonds. The number of methoxy groups -OCH3 is 1. The van der Waals surface area contributed by atoms with E-state index in [1.54, 1.807) is 7.11 Å². The lowest BCUT2D eigenvalue weighted by Gasteiger charge is -2.20. The molecule has 1 aliphatic rings. The number of rotatable bonds is 9. The van der Waals surface area contributed by atoms with E-state index >= 15 is 0 Å². The minimum atomic E-state index is 0. The van der Waals surface area contributed by atoms with Crippen LogP contribution in [0.2, 0.25) is 0 Å². The Hall–Kier alpha value is -1.71. The summed E-state index contributed by atoms with van der Waals surface area (Å²) in [5, 5.41) is 9.51. The molecule has 1 saturated carbocycles. The van der Waals surface area contributed by atoms with Crippen molar-refractivity contribution in [1.82, 2.24) is 10.6 Å². The maximum atomic E-state index is 12.2. The lowest BCUT2D eigenvalue weighted by Crippen LogP contribution is -2.35. The van der Waals surface area contributed by atoms with Crippen LogP contribution >= 0.6 is 24.0 Å². The van der Waals surface area contributed by atoms with Gasteiger partial charge in [0.25, 0.3) is 0 Å². The highest BCUT2D eigenvalue weighted by Gasteiger charge is 2.20. The maximum Gasteiger partial charge on any atom is 0.223 e. The van der Waals surface area contributed by atoms with E-state index in [0.29, 0.717) is 37.2 Å². The molecule has 3 N–H and O–H groups in total. The van der Waals surface area contributed by atoms with E-state index in [1.165, 1.54) is 6.42 Å². The fraction of sp³-hybridized carbons (Fsp3) is 0.619. The van der Waals surface area contributed by atoms with Crippen LogP contribution in [0.5, 0.6) is 11.5 Å². The molecule has 0 aliphatic heterocycles. The monoisotopic (exact) mass is 518 g/mol. The third-order valence-electron chi connectivity index (χ3n) is 4.73. The molecule has 0 unspecified atom stereocenters. The summed E-state index contributed by atoms with van der Waals surface area (Å²) in [6.45, 7) is 6.32. The number of benzene rings is 1. The van der Waals surface area contributed by atoms with E-state index in [9.17, 15) is 4.79 Å². The van der Waals surface area contributed by atoms with Crippen molar-refractivity contribution in [3.8, 4) is 11.5 Å². The number of carbonyl (C=O) groups excluding carboxylic acids is 1. The molecule has 0 spiro atoms. The summed E-state index contributed by atoms with van der Waals surface area (Å²) in [5.41, 5.74) is 0.857. The number of halogens is 1. The van der Waals surface area contributed by atoms with Crippen LogP contribution in [0, 0.1) is 5.92 Å². The van der Waals surface area contributed by atoms with Crippen LogP contribution in [0.25, 0.3) is 0 Å². The topological polar surface area (TPSA) is 84.0 Å². The van der Waals surface area contributed by atoms with Crippen LogP contribution in [0.4, 0.5) is 5.69 Å². The number of ether oxygens (including phenoxy) is 2. The Labute approximate surface area is 191 Å². The van der Waals surface area contributed by atoms with Gasteiger partial charge >= 0.3 is 0 Å². The Morgan fingerprint density at radius 3 is 2.55 bits per heavy atom. The number of aliphatic imine (C=N–C) groups is 1. The summed E-state index contributed by atoms with van der Waals surface area (Å²) in [6.07, 6.45) is 5.60. The average molecular weight is 518 g/mol. The Bertz CT molecular complexity index is 649. The van der Waals surface area contributed by atoms with Crippen LogP contribution in [-0.2, 0) is 4.79 Å². The molecule has 8 heteroatoms. The second kappa shape index (κ2) is 14.3. The van der Waals surface area contributed by atoms with Crippen LogP contribution in [-0.4, -0.2) is 45.2 Å². The second-order valence-electron chi connectivity index (χ2n) is 6.81. The highest BCUT2D eigenvalue weighted by atomic mass is 127. The number of nitrogens with one attached hydrogen (secondary N) is 3. The van der Waals surface area contributed by atoms with Gasteiger partial charge in [0.2, 0.25) is 5.91 Å². The molecule has 164 valence electrons. The van der Waals surface area contributed by atoms with Crippen LogP contribution in [0.15, 0.2) is 23.2 Å². The number of carbonyl (C=O) groups is 1. The third-order valence-corrected chi connectivity index (χ3v) is 4.73. The van der Waals surface area contributed by atoms with Gasteiger partial charge in [0.15, 0.2) is 17.5 Å². The summed E-state index contributed by atoms with van der Waals surface area (Å²) in [6, 6.07) is 5.67. The van der Waals surface area contributed by atoms with Gasteiger partial charge in [-0.25, -0.2) is 0 Å². The molecule has 0 aromatic heterocycles. The van der Waals surface area contributed by atoms with E-state index in [2.05, 4.69) is 20.9 Å². The van der Waals surface area contributed by atoms with Crippen molar-refractivity contribution in [3.05, 3.63) is 18.2 Å². The van der Waals surface area contributed by atoms with Crippen LogP contribution in [0.1, 0.15) is 46.0 Å². The van der Waals surface area contributed by atoms with E-state index in [1.807, 2.05) is 32.0 Å². The third kappa shape index (κ3) is 8.67. The van der Waals surface area contributed by atoms with E-state index < -0.39 is 0 Å². The minimum absolute atomic E-state index is 0. The summed E-state index contributed by atoms with van der Waals surface area (Å²) in [7, 11) is 1.62. The minimum Gasteiger partial charge on any atom is -0.493 e. The first-order chi connectivity index (χ1) is 13.7. The molecule has 1 aromatic rings. The predicted octanol–water partition coefficient (Wildman–Crippen LogP) is 3.79. The van der Waals surface area contributed by atoms with Gasteiger partial charge in [0.05, 0.1) is 20.3 Å². The molecule has 29 heavy (non-hydrogen) atoms. The van der Waals surface area contributed by atoms with Crippen molar-refractivity contribution in [3.63, 3.8) is 0 Å². The Morgan fingerprint density at radius 1 is 1.14 bits per heavy atom. The summed E-state index contributed by atoms with van der Waals surface area (Å²) in [4.78, 5) is 16.8. The van der Waals surface area contributed by atoms with Gasteiger partial charge < -0.3 is 25.4 Å². The molecule has 1 fully saturated rings. The van der Waals surface area contributed by atoms with Crippen molar-refractivity contribution < 1.29 is 14.3 Å². The molecule has 0 radical (unpaired) electrons. The average Bonchev–Trinajstić information content (AvgIpc) is 2.72. The first kappa shape index (κ1) is 25.3. The maximum absolute atomic E-state index is 12.2. The molecule has 2 rings (SSSR count). The fourth-order valence-corrected chi connectivity index (χ4v) is 3.32. The van der Waals surface area contributed by atoms with E-state index in [0.717, 1.165) is 37.9 Å². The predicted molar refractivity (Wildman–Crippen MR) is 129 cm³/mol. The number of nitrogens with zero attached hydrogens (tertiary/aromatic N) is 1. The van der Waals surface area contributed by atoms with E-state index in [-0.39, 0.29) is 35.8 Å². The summed E-state index contributed by atoms with van der Waals surface area (Å²) in [5.74, 6) is 2.40. The molecular weight excluding hydrogens is 483 g/mol. The lowest BCUT2D eigenvalue weighted by atomic mass is 9.89. The van der Waals surface area contributed by atoms with Crippen LogP contribution in [0.3, 0.4) is 0 Å². The highest BCUT2D eigenvalue weighted by molar-refractivity contribution is 14.0. The Balaban J connectivity index is 0.00000420. The Morgan fingerprint density at radius 2 is 1.90 bits per heavy atom. The molecule has 7 nitrogen and oxygen atoms in total. The van der Waals surface area contributed by atoms with Gasteiger partial charge in [-0.3, -0.25) is 9.79 Å². The number of hydrogen-bond acceptors (Lipinski definition) is 4. The molecule has 1 aromatic carbocycles. The number of amides is 1. The molecule has 0 heterocycles. The normalized spacial score (nSPS) is 14.5. The van der Waals surface area contributed by atoms with Crippen molar-refractivity contribution in [2.45, 2.75) is 46.0 Å². The standard InChI is InChI=1S/C21H34N4O3.HI/c1-4-22-21(24-14-13-23-20(26)16-9-7-6-8-10-16)25-17-11-12-18(27-3)19(15-17)28-5-2;/h11-12,15-16H,4-10,13-14H2,1-3H3,(H,23,26)(H2,22,24,25);1H. The Kier molecular flexibility index (Phi) is 12.5. The largest absolute Gasteiger partial charge is 0.493 e. The molecular formula is C21H35IN4O3. The zero-order chi connectivity index (χ0) is 20.2. The number of hydrogen-bond donors (Lipinski definition) is 3. The first-order valence-corrected chi connectivity index (χ1v) is 10.3. The van der Waals surface area contributed by atoms with Gasteiger partial charge in [-0.05, 0) is 38.8 Å². The van der Waals surface area contributed by atoms with Crippen molar-refractivity contribution >= 4 is 41.5 Å². The SMILES string of the molecule is CCNC(=NCCNC(=O)C1CCCCC1)Nc1ccc(OC)c(OCC)c1.I. The van der Waals surface area contributed by atoms with Crippen molar-refractivity contribution in [1.29, 1.82) is 0 Å². The zero-order valence-electron chi connectivity index (χ0n) is 17.8. The lowest BCUT2D eigenvalue weighted by molar-refractivity contribution is -0.125. The summed E-state index contributed by atoms with van der Waals surface area (Å²) >= 11 is 0. The summed E-state index contributed by atoms with van der Waals surface area (Å²) < 4.78 is 10.9. The molecule has 0 saturated heterocycles. The quantitative estimate of drug-likeness (QED) is 0.201. The van der Waals surface area contributed by atoms with Crippen LogP contribution < -0.4 is 25.4 Å². The van der Waals surface area contributed by atoms with Crippen molar-refractivity contribution in [2.75, 3.05) is 38.7 Å². The van der Waals surface area contributed by atoms with Gasteiger partial charge in [0, 0.05) is 30.8 Å². The number of anilines is 1.